The number of carbonyl (C=O) groups excluding carboxylic acids is 1. The first-order chi connectivity index (χ1) is 13.7. The molecule has 0 radical (unpaired) electrons. The zero-order valence-electron chi connectivity index (χ0n) is 16.2. The number of nitrogens with zero attached hydrogens (tertiary/aromatic N) is 2. The van der Waals surface area contributed by atoms with Crippen molar-refractivity contribution in [3.63, 3.8) is 0 Å². The van der Waals surface area contributed by atoms with Gasteiger partial charge in [0, 0.05) is 19.4 Å². The number of imidazole rings is 1. The molecule has 2 aromatic carbocycles. The number of para-hydroxylation sites is 2. The Bertz CT molecular complexity index is 893. The van der Waals surface area contributed by atoms with Crippen molar-refractivity contribution in [3.05, 3.63) is 78.4 Å². The minimum atomic E-state index is -0.358. The monoisotopic (exact) mass is 379 g/mol. The Hall–Kier alpha value is -3.28. The molecule has 0 aliphatic carbocycles. The Labute approximate surface area is 165 Å². The van der Waals surface area contributed by atoms with Gasteiger partial charge >= 0.3 is 0 Å². The quantitative estimate of drug-likeness (QED) is 0.618. The molecule has 1 atom stereocenters. The molecule has 6 nitrogen and oxygen atoms in total. The van der Waals surface area contributed by atoms with Gasteiger partial charge in [0.25, 0.3) is 5.91 Å². The summed E-state index contributed by atoms with van der Waals surface area (Å²) in [5, 5.41) is 3.02. The van der Waals surface area contributed by atoms with E-state index >= 15 is 0 Å². The molecule has 3 aromatic rings. The molecule has 3 rings (SSSR count). The highest BCUT2D eigenvalue weighted by molar-refractivity contribution is 5.78. The van der Waals surface area contributed by atoms with Gasteiger partial charge in [0.1, 0.15) is 11.9 Å². The van der Waals surface area contributed by atoms with Crippen LogP contribution in [0.25, 0.3) is 0 Å². The fourth-order valence-corrected chi connectivity index (χ4v) is 2.84. The van der Waals surface area contributed by atoms with Gasteiger partial charge in [-0.3, -0.25) is 4.79 Å². The number of rotatable bonds is 9. The summed E-state index contributed by atoms with van der Waals surface area (Å²) in [5.74, 6) is 1.72. The Balaban J connectivity index is 1.69. The van der Waals surface area contributed by atoms with Gasteiger partial charge in [0.15, 0.2) is 18.1 Å². The van der Waals surface area contributed by atoms with Gasteiger partial charge in [-0.1, -0.05) is 49.4 Å². The number of benzene rings is 2. The molecule has 1 unspecified atom stereocenters. The fourth-order valence-electron chi connectivity index (χ4n) is 2.84. The molecular formula is C22H25N3O3. The van der Waals surface area contributed by atoms with Crippen LogP contribution in [-0.2, 0) is 11.8 Å². The molecule has 1 aromatic heterocycles. The van der Waals surface area contributed by atoms with E-state index in [0.29, 0.717) is 18.1 Å². The lowest BCUT2D eigenvalue weighted by molar-refractivity contribution is -0.123. The summed E-state index contributed by atoms with van der Waals surface area (Å²) >= 11 is 0. The van der Waals surface area contributed by atoms with E-state index in [9.17, 15) is 4.79 Å². The third-order valence-electron chi connectivity index (χ3n) is 4.22. The van der Waals surface area contributed by atoms with Crippen LogP contribution in [0.3, 0.4) is 0 Å². The van der Waals surface area contributed by atoms with E-state index in [1.807, 2.05) is 73.3 Å². The Morgan fingerprint density at radius 2 is 1.75 bits per heavy atom. The number of hydrogen-bond acceptors (Lipinski definition) is 4. The maximum Gasteiger partial charge on any atom is 0.258 e. The molecule has 1 N–H and O–H groups in total. The smallest absolute Gasteiger partial charge is 0.258 e. The van der Waals surface area contributed by atoms with E-state index in [1.165, 1.54) is 0 Å². The van der Waals surface area contributed by atoms with Crippen molar-refractivity contribution >= 4 is 5.91 Å². The topological polar surface area (TPSA) is 65.4 Å². The third kappa shape index (κ3) is 4.91. The Morgan fingerprint density at radius 3 is 2.39 bits per heavy atom. The molecule has 0 saturated heterocycles. The predicted octanol–water partition coefficient (Wildman–Crippen LogP) is 3.49. The largest absolute Gasteiger partial charge is 0.490 e. The standard InChI is InChI=1S/C22H25N3O3/c1-3-15-27-18-11-7-8-12-19(18)28-16-20(26)24-21(17-9-5-4-6-10-17)22-23-13-14-25(22)2/h4-14,21H,3,15-16H2,1-2H3,(H,24,26). The number of carbonyl (C=O) groups is 1. The van der Waals surface area contributed by atoms with Crippen molar-refractivity contribution in [2.75, 3.05) is 13.2 Å². The van der Waals surface area contributed by atoms with E-state index in [0.717, 1.165) is 17.8 Å². The van der Waals surface area contributed by atoms with Crippen molar-refractivity contribution < 1.29 is 14.3 Å². The van der Waals surface area contributed by atoms with Crippen molar-refractivity contribution in [2.24, 2.45) is 7.05 Å². The second-order valence-electron chi connectivity index (χ2n) is 6.39. The molecule has 6 heteroatoms. The maximum absolute atomic E-state index is 12.6. The van der Waals surface area contributed by atoms with Crippen LogP contribution in [0.5, 0.6) is 11.5 Å². The highest BCUT2D eigenvalue weighted by atomic mass is 16.5. The number of aryl methyl sites for hydroxylation is 1. The zero-order valence-corrected chi connectivity index (χ0v) is 16.2. The molecule has 0 fully saturated rings. The van der Waals surface area contributed by atoms with E-state index in [-0.39, 0.29) is 18.6 Å². The molecule has 0 aliphatic heterocycles. The van der Waals surface area contributed by atoms with Gasteiger partial charge in [-0.25, -0.2) is 4.98 Å². The minimum absolute atomic E-state index is 0.111. The molecule has 0 saturated carbocycles. The maximum atomic E-state index is 12.6. The first-order valence-corrected chi connectivity index (χ1v) is 9.35. The normalized spacial score (nSPS) is 11.6. The van der Waals surface area contributed by atoms with Crippen LogP contribution in [0.15, 0.2) is 67.0 Å². The molecular weight excluding hydrogens is 354 g/mol. The highest BCUT2D eigenvalue weighted by Gasteiger charge is 2.21. The number of aromatic nitrogens is 2. The minimum Gasteiger partial charge on any atom is -0.490 e. The first kappa shape index (κ1) is 19.5. The summed E-state index contributed by atoms with van der Waals surface area (Å²) in [6, 6.07) is 16.8. The lowest BCUT2D eigenvalue weighted by Gasteiger charge is -2.19. The van der Waals surface area contributed by atoms with Crippen molar-refractivity contribution in [1.82, 2.24) is 14.9 Å². The molecule has 0 aliphatic rings. The molecule has 28 heavy (non-hydrogen) atoms. The van der Waals surface area contributed by atoms with Gasteiger partial charge in [-0.15, -0.1) is 0 Å². The van der Waals surface area contributed by atoms with Crippen molar-refractivity contribution in [2.45, 2.75) is 19.4 Å². The molecule has 0 bridgehead atoms. The van der Waals surface area contributed by atoms with Crippen LogP contribution in [0.2, 0.25) is 0 Å². The predicted molar refractivity (Wildman–Crippen MR) is 107 cm³/mol. The summed E-state index contributed by atoms with van der Waals surface area (Å²) in [6.07, 6.45) is 4.47. The molecule has 0 spiro atoms. The summed E-state index contributed by atoms with van der Waals surface area (Å²) in [4.78, 5) is 17.0. The van der Waals surface area contributed by atoms with Gasteiger partial charge in [-0.2, -0.15) is 0 Å². The van der Waals surface area contributed by atoms with Crippen LogP contribution in [0.4, 0.5) is 0 Å². The fraction of sp³-hybridized carbons (Fsp3) is 0.273. The third-order valence-corrected chi connectivity index (χ3v) is 4.22. The molecule has 1 amide bonds. The van der Waals surface area contributed by atoms with Crippen LogP contribution < -0.4 is 14.8 Å². The summed E-state index contributed by atoms with van der Waals surface area (Å²) in [5.41, 5.74) is 0.955. The molecule has 1 heterocycles. The lowest BCUT2D eigenvalue weighted by Crippen LogP contribution is -2.34. The van der Waals surface area contributed by atoms with Crippen LogP contribution in [0.1, 0.15) is 30.8 Å². The van der Waals surface area contributed by atoms with E-state index in [1.54, 1.807) is 12.3 Å². The summed E-state index contributed by atoms with van der Waals surface area (Å²) in [7, 11) is 1.91. The lowest BCUT2D eigenvalue weighted by atomic mass is 10.1. The van der Waals surface area contributed by atoms with Crippen molar-refractivity contribution in [3.8, 4) is 11.5 Å². The Kier molecular flexibility index (Phi) is 6.68. The average molecular weight is 379 g/mol. The van der Waals surface area contributed by atoms with E-state index in [2.05, 4.69) is 10.3 Å². The molecule has 146 valence electrons. The summed E-state index contributed by atoms with van der Waals surface area (Å²) in [6.45, 7) is 2.53. The number of amides is 1. The highest BCUT2D eigenvalue weighted by Crippen LogP contribution is 2.26. The SMILES string of the molecule is CCCOc1ccccc1OCC(=O)NC(c1ccccc1)c1nccn1C. The van der Waals surface area contributed by atoms with Crippen molar-refractivity contribution in [1.29, 1.82) is 0 Å². The zero-order chi connectivity index (χ0) is 19.8. The Morgan fingerprint density at radius 1 is 1.07 bits per heavy atom. The van der Waals surface area contributed by atoms with Crippen LogP contribution in [0, 0.1) is 0 Å². The number of nitrogens with one attached hydrogen (secondary N) is 1. The number of hydrogen-bond donors (Lipinski definition) is 1. The van der Waals surface area contributed by atoms with Crippen LogP contribution in [-0.4, -0.2) is 28.7 Å². The average Bonchev–Trinajstić information content (AvgIpc) is 3.15. The van der Waals surface area contributed by atoms with Gasteiger partial charge in [-0.05, 0) is 24.1 Å². The van der Waals surface area contributed by atoms with Crippen LogP contribution >= 0.6 is 0 Å². The van der Waals surface area contributed by atoms with E-state index < -0.39 is 0 Å². The second kappa shape index (κ2) is 9.60. The number of ether oxygens (including phenoxy) is 2. The van der Waals surface area contributed by atoms with E-state index in [4.69, 9.17) is 9.47 Å². The second-order valence-corrected chi connectivity index (χ2v) is 6.39. The summed E-state index contributed by atoms with van der Waals surface area (Å²) < 4.78 is 13.3. The first-order valence-electron chi connectivity index (χ1n) is 9.35. The van der Waals surface area contributed by atoms with Gasteiger partial charge < -0.3 is 19.4 Å². The van der Waals surface area contributed by atoms with Gasteiger partial charge in [0.05, 0.1) is 6.61 Å². The van der Waals surface area contributed by atoms with Gasteiger partial charge in [0.2, 0.25) is 0 Å².